The molecule has 0 aromatic carbocycles. The molecule has 0 saturated carbocycles. The topological polar surface area (TPSA) is 109 Å². The number of nitroso groups, excluding NO2 is 1. The van der Waals surface area contributed by atoms with Crippen molar-refractivity contribution in [1.29, 1.82) is 0 Å². The lowest BCUT2D eigenvalue weighted by atomic mass is 10.2. The summed E-state index contributed by atoms with van der Waals surface area (Å²) in [5.41, 5.74) is 4.02. The molecule has 0 radical (unpaired) electrons. The fourth-order valence-electron chi connectivity index (χ4n) is 1.90. The van der Waals surface area contributed by atoms with Crippen LogP contribution in [0.1, 0.15) is 20.3 Å². The fraction of sp³-hybridized carbons (Fsp3) is 0.667. The Labute approximate surface area is 116 Å². The van der Waals surface area contributed by atoms with Gasteiger partial charge in [0.15, 0.2) is 0 Å². The van der Waals surface area contributed by atoms with E-state index in [9.17, 15) is 14.5 Å². The van der Waals surface area contributed by atoms with Crippen LogP contribution in [0.5, 0.6) is 0 Å². The highest BCUT2D eigenvalue weighted by molar-refractivity contribution is 5.55. The molecular weight excluding hydrogens is 264 g/mol. The third-order valence-electron chi connectivity index (χ3n) is 2.81. The van der Waals surface area contributed by atoms with Crippen LogP contribution in [0.4, 0.5) is 11.5 Å². The lowest BCUT2D eigenvalue weighted by molar-refractivity contribution is 0.189. The summed E-state index contributed by atoms with van der Waals surface area (Å²) in [5.74, 6) is -0.109. The first-order valence-electron chi connectivity index (χ1n) is 6.39. The average molecular weight is 284 g/mol. The van der Waals surface area contributed by atoms with Gasteiger partial charge < -0.3 is 10.5 Å². The first-order valence-corrected chi connectivity index (χ1v) is 6.39. The van der Waals surface area contributed by atoms with Gasteiger partial charge in [0.1, 0.15) is 5.82 Å². The van der Waals surface area contributed by atoms with E-state index in [1.54, 1.807) is 7.11 Å². The molecule has 0 saturated heterocycles. The number of nitrogens with zero attached hydrogens (tertiary/aromatic N) is 3. The summed E-state index contributed by atoms with van der Waals surface area (Å²) in [5, 5.41) is 2.67. The number of ether oxygens (including phenoxy) is 1. The van der Waals surface area contributed by atoms with Crippen LogP contribution in [0.3, 0.4) is 0 Å². The molecule has 1 aromatic heterocycles. The first kappa shape index (κ1) is 16.1. The van der Waals surface area contributed by atoms with E-state index in [1.807, 2.05) is 13.8 Å². The van der Waals surface area contributed by atoms with Gasteiger partial charge in [-0.2, -0.15) is 0 Å². The van der Waals surface area contributed by atoms with E-state index in [1.165, 1.54) is 4.57 Å². The number of aromatic nitrogens is 2. The van der Waals surface area contributed by atoms with Crippen LogP contribution in [0.15, 0.2) is 14.8 Å². The van der Waals surface area contributed by atoms with Gasteiger partial charge in [-0.15, -0.1) is 4.91 Å². The van der Waals surface area contributed by atoms with E-state index in [0.29, 0.717) is 13.0 Å². The van der Waals surface area contributed by atoms with Crippen molar-refractivity contribution in [3.8, 4) is 0 Å². The van der Waals surface area contributed by atoms with Gasteiger partial charge in [0, 0.05) is 26.8 Å². The number of nitrogen functional groups attached to an aromatic ring is 1. The highest BCUT2D eigenvalue weighted by Gasteiger charge is 2.18. The summed E-state index contributed by atoms with van der Waals surface area (Å²) in [6.07, 6.45) is 0.540. The minimum absolute atomic E-state index is 0.0796. The third-order valence-corrected chi connectivity index (χ3v) is 2.81. The quantitative estimate of drug-likeness (QED) is 0.585. The van der Waals surface area contributed by atoms with Gasteiger partial charge in [0.25, 0.3) is 5.56 Å². The Kier molecular flexibility index (Phi) is 5.63. The molecule has 0 amide bonds. The molecule has 8 heteroatoms. The van der Waals surface area contributed by atoms with Crippen molar-refractivity contribution in [2.45, 2.75) is 33.4 Å². The summed E-state index contributed by atoms with van der Waals surface area (Å²) in [4.78, 5) is 35.1. The maximum atomic E-state index is 12.3. The van der Waals surface area contributed by atoms with Gasteiger partial charge in [-0.1, -0.05) is 13.8 Å². The fourth-order valence-corrected chi connectivity index (χ4v) is 1.90. The number of methoxy groups -OCH3 is 1. The summed E-state index contributed by atoms with van der Waals surface area (Å²) in [6, 6.07) is 0. The van der Waals surface area contributed by atoms with E-state index in [-0.39, 0.29) is 24.8 Å². The molecule has 1 heterocycles. The Hall–Kier alpha value is -1.96. The Balaban J connectivity index is 3.39. The molecule has 8 nitrogen and oxygen atoms in total. The third kappa shape index (κ3) is 3.32. The molecule has 0 aliphatic heterocycles. The van der Waals surface area contributed by atoms with Gasteiger partial charge in [0.2, 0.25) is 5.69 Å². The van der Waals surface area contributed by atoms with Gasteiger partial charge in [-0.3, -0.25) is 13.9 Å². The lowest BCUT2D eigenvalue weighted by Crippen LogP contribution is -2.42. The van der Waals surface area contributed by atoms with Crippen molar-refractivity contribution in [2.75, 3.05) is 19.5 Å². The van der Waals surface area contributed by atoms with Crippen LogP contribution in [0, 0.1) is 10.8 Å². The molecule has 0 atom stereocenters. The van der Waals surface area contributed by atoms with E-state index in [4.69, 9.17) is 10.5 Å². The van der Waals surface area contributed by atoms with Crippen LogP contribution >= 0.6 is 0 Å². The van der Waals surface area contributed by atoms with E-state index < -0.39 is 16.9 Å². The van der Waals surface area contributed by atoms with Gasteiger partial charge in [0.05, 0.1) is 0 Å². The minimum atomic E-state index is -0.737. The molecule has 2 N–H and O–H groups in total. The van der Waals surface area contributed by atoms with E-state index in [0.717, 1.165) is 4.57 Å². The molecule has 112 valence electrons. The largest absolute Gasteiger partial charge is 0.385 e. The second-order valence-corrected chi connectivity index (χ2v) is 4.92. The number of nitrogens with two attached hydrogens (primary N) is 1. The van der Waals surface area contributed by atoms with Gasteiger partial charge >= 0.3 is 5.69 Å². The predicted octanol–water partition coefficient (Wildman–Crippen LogP) is 0.683. The molecule has 0 unspecified atom stereocenters. The zero-order chi connectivity index (χ0) is 15.3. The monoisotopic (exact) mass is 284 g/mol. The van der Waals surface area contributed by atoms with Crippen LogP contribution in [-0.2, 0) is 17.8 Å². The number of hydrogen-bond acceptors (Lipinski definition) is 6. The highest BCUT2D eigenvalue weighted by atomic mass is 16.5. The maximum absolute atomic E-state index is 12.3. The molecule has 0 bridgehead atoms. The molecule has 0 aliphatic carbocycles. The van der Waals surface area contributed by atoms with Crippen LogP contribution < -0.4 is 17.0 Å². The second kappa shape index (κ2) is 6.99. The van der Waals surface area contributed by atoms with E-state index >= 15 is 0 Å². The Morgan fingerprint density at radius 2 is 1.95 bits per heavy atom. The second-order valence-electron chi connectivity index (χ2n) is 4.92. The Morgan fingerprint density at radius 3 is 2.45 bits per heavy atom. The normalized spacial score (nSPS) is 11.0. The molecule has 20 heavy (non-hydrogen) atoms. The predicted molar refractivity (Wildman–Crippen MR) is 76.2 cm³/mol. The van der Waals surface area contributed by atoms with Crippen molar-refractivity contribution in [1.82, 2.24) is 9.13 Å². The average Bonchev–Trinajstić information content (AvgIpc) is 2.39. The molecule has 1 aromatic rings. The molecule has 1 rings (SSSR count). The zero-order valence-corrected chi connectivity index (χ0v) is 12.0. The van der Waals surface area contributed by atoms with E-state index in [2.05, 4.69) is 5.18 Å². The maximum Gasteiger partial charge on any atom is 0.332 e. The summed E-state index contributed by atoms with van der Waals surface area (Å²) in [6.45, 7) is 4.65. The summed E-state index contributed by atoms with van der Waals surface area (Å²) < 4.78 is 7.11. The smallest absolute Gasteiger partial charge is 0.332 e. The number of hydrogen-bond donors (Lipinski definition) is 1. The summed E-state index contributed by atoms with van der Waals surface area (Å²) >= 11 is 0. The minimum Gasteiger partial charge on any atom is -0.385 e. The van der Waals surface area contributed by atoms with Crippen molar-refractivity contribution >= 4 is 11.5 Å². The molecular formula is C12H20N4O4. The molecule has 0 fully saturated rings. The SMILES string of the molecule is COCCCn1c(N)c(N=O)c(=O)n(CC(C)C)c1=O. The summed E-state index contributed by atoms with van der Waals surface area (Å²) in [7, 11) is 1.55. The van der Waals surface area contributed by atoms with Gasteiger partial charge in [-0.25, -0.2) is 4.79 Å². The van der Waals surface area contributed by atoms with Crippen LogP contribution in [-0.4, -0.2) is 22.9 Å². The Bertz CT molecular complexity index is 588. The van der Waals surface area contributed by atoms with Crippen molar-refractivity contribution < 1.29 is 4.74 Å². The number of rotatable bonds is 7. The molecule has 0 spiro atoms. The van der Waals surface area contributed by atoms with Crippen molar-refractivity contribution in [3.05, 3.63) is 25.7 Å². The highest BCUT2D eigenvalue weighted by Crippen LogP contribution is 2.14. The van der Waals surface area contributed by atoms with Crippen LogP contribution in [0.25, 0.3) is 0 Å². The lowest BCUT2D eigenvalue weighted by Gasteiger charge is -2.15. The van der Waals surface area contributed by atoms with Crippen molar-refractivity contribution in [2.24, 2.45) is 11.1 Å². The van der Waals surface area contributed by atoms with Crippen LogP contribution in [0.2, 0.25) is 0 Å². The van der Waals surface area contributed by atoms with Crippen molar-refractivity contribution in [3.63, 3.8) is 0 Å². The zero-order valence-electron chi connectivity index (χ0n) is 12.0. The first-order chi connectivity index (χ1) is 9.43. The molecule has 0 aliphatic rings. The number of anilines is 1. The van der Waals surface area contributed by atoms with Gasteiger partial charge in [-0.05, 0) is 17.5 Å². The standard InChI is InChI=1S/C12H20N4O4/c1-8(2)7-16-11(17)9(14-19)10(13)15(12(16)18)5-4-6-20-3/h8H,4-7,13H2,1-3H3. The Morgan fingerprint density at radius 1 is 1.30 bits per heavy atom.